The Morgan fingerprint density at radius 2 is 0.939 bits per heavy atom. The zero-order chi connectivity index (χ0) is 34.0. The number of rotatable bonds is 11. The predicted octanol–water partition coefficient (Wildman–Crippen LogP) is 13.5. The van der Waals surface area contributed by atoms with Crippen LogP contribution in [0.5, 0.6) is 0 Å². The van der Waals surface area contributed by atoms with Crippen LogP contribution >= 0.6 is 0 Å². The number of nitrogens with zero attached hydrogens (tertiary/aromatic N) is 2. The van der Waals surface area contributed by atoms with Crippen LogP contribution in [0.4, 0.5) is 28.4 Å². The third kappa shape index (κ3) is 8.06. The number of anilines is 5. The Morgan fingerprint density at radius 1 is 0.490 bits per heavy atom. The molecule has 0 radical (unpaired) electrons. The fourth-order valence-electron chi connectivity index (χ4n) is 5.86. The summed E-state index contributed by atoms with van der Waals surface area (Å²) < 4.78 is 0. The van der Waals surface area contributed by atoms with Crippen LogP contribution in [-0.2, 0) is 0 Å². The molecule has 2 heteroatoms. The summed E-state index contributed by atoms with van der Waals surface area (Å²) in [6.07, 6.45) is 10.5. The van der Waals surface area contributed by atoms with Gasteiger partial charge in [0, 0.05) is 34.1 Å². The molecule has 0 bridgehead atoms. The van der Waals surface area contributed by atoms with Crippen molar-refractivity contribution in [3.63, 3.8) is 0 Å². The van der Waals surface area contributed by atoms with E-state index in [1.165, 1.54) is 22.4 Å². The zero-order valence-electron chi connectivity index (χ0n) is 28.5. The van der Waals surface area contributed by atoms with Gasteiger partial charge in [0.2, 0.25) is 0 Å². The molecule has 0 amide bonds. The molecule has 0 aliphatic rings. The lowest BCUT2D eigenvalue weighted by Gasteiger charge is -2.27. The van der Waals surface area contributed by atoms with Crippen LogP contribution in [0.1, 0.15) is 30.5 Å². The van der Waals surface area contributed by atoms with E-state index in [4.69, 9.17) is 0 Å². The summed E-state index contributed by atoms with van der Waals surface area (Å²) in [6.45, 7) is 10.3. The number of hydrogen-bond donors (Lipinski definition) is 0. The summed E-state index contributed by atoms with van der Waals surface area (Å²) in [5.74, 6) is 0. The van der Waals surface area contributed by atoms with Crippen LogP contribution in [0, 0.1) is 6.92 Å². The van der Waals surface area contributed by atoms with Crippen molar-refractivity contribution in [2.45, 2.75) is 20.8 Å². The van der Waals surface area contributed by atoms with Gasteiger partial charge < -0.3 is 9.80 Å². The second-order valence-electron chi connectivity index (χ2n) is 12.1. The van der Waals surface area contributed by atoms with E-state index in [9.17, 15) is 0 Å². The highest BCUT2D eigenvalue weighted by Gasteiger charge is 2.14. The third-order valence-corrected chi connectivity index (χ3v) is 8.64. The van der Waals surface area contributed by atoms with Crippen molar-refractivity contribution in [1.82, 2.24) is 0 Å². The molecule has 0 N–H and O–H groups in total. The molecule has 49 heavy (non-hydrogen) atoms. The maximum absolute atomic E-state index is 3.89. The first-order valence-electron chi connectivity index (χ1n) is 16.7. The van der Waals surface area contributed by atoms with Gasteiger partial charge in [0.15, 0.2) is 0 Å². The largest absolute Gasteiger partial charge is 0.314 e. The Kier molecular flexibility index (Phi) is 10.5. The minimum absolute atomic E-state index is 1.12. The van der Waals surface area contributed by atoms with Gasteiger partial charge in [-0.15, -0.1) is 0 Å². The van der Waals surface area contributed by atoms with E-state index in [0.717, 1.165) is 45.1 Å². The summed E-state index contributed by atoms with van der Waals surface area (Å²) in [5.41, 5.74) is 13.9. The fraction of sp³-hybridized carbons (Fsp3) is 0.0638. The first kappa shape index (κ1) is 32.8. The number of aryl methyl sites for hydroxylation is 1. The average Bonchev–Trinajstić information content (AvgIpc) is 3.16. The van der Waals surface area contributed by atoms with E-state index >= 15 is 0 Å². The van der Waals surface area contributed by atoms with E-state index in [0.29, 0.717) is 0 Å². The summed E-state index contributed by atoms with van der Waals surface area (Å²) in [5, 5.41) is 0. The van der Waals surface area contributed by atoms with Crippen LogP contribution < -0.4 is 9.80 Å². The van der Waals surface area contributed by atoms with Crippen LogP contribution in [0.3, 0.4) is 0 Å². The second-order valence-corrected chi connectivity index (χ2v) is 12.1. The summed E-state index contributed by atoms with van der Waals surface area (Å²) in [6, 6.07) is 55.8. The molecule has 0 aliphatic carbocycles. The van der Waals surface area contributed by atoms with Gasteiger partial charge in [-0.25, -0.2) is 0 Å². The molecule has 0 aromatic heterocycles. The second kappa shape index (κ2) is 15.6. The van der Waals surface area contributed by atoms with Gasteiger partial charge in [0.1, 0.15) is 0 Å². The standard InChI is InChI=1S/C47H42N2/c1-5-36(2)20-21-38(4)48(47-19-13-12-14-37(47)3)45-32-26-40(27-33-45)23-22-39-24-28-41(29-25-39)42-30-34-46(35-31-42)49(43-15-8-6-9-16-43)44-17-10-7-11-18-44/h5-35H,1H2,2-4H3. The van der Waals surface area contributed by atoms with E-state index in [1.807, 2.05) is 6.08 Å². The number of para-hydroxylation sites is 3. The number of allylic oxidation sites excluding steroid dienone is 5. The Balaban J connectivity index is 1.18. The highest BCUT2D eigenvalue weighted by Crippen LogP contribution is 2.36. The number of hydrogen-bond acceptors (Lipinski definition) is 2. The van der Waals surface area contributed by atoms with E-state index in [1.54, 1.807) is 0 Å². The lowest BCUT2D eigenvalue weighted by Crippen LogP contribution is -2.15. The molecule has 6 aromatic carbocycles. The minimum atomic E-state index is 1.12. The maximum Gasteiger partial charge on any atom is 0.0487 e. The van der Waals surface area contributed by atoms with Crippen molar-refractivity contribution in [3.05, 3.63) is 210 Å². The number of benzene rings is 6. The molecular formula is C47H42N2. The molecule has 6 aromatic rings. The fourth-order valence-corrected chi connectivity index (χ4v) is 5.86. The topological polar surface area (TPSA) is 6.48 Å². The Labute approximate surface area is 291 Å². The lowest BCUT2D eigenvalue weighted by atomic mass is 10.0. The van der Waals surface area contributed by atoms with Gasteiger partial charge in [0.25, 0.3) is 0 Å². The smallest absolute Gasteiger partial charge is 0.0487 e. The van der Waals surface area contributed by atoms with Crippen LogP contribution in [0.15, 0.2) is 194 Å². The Bertz CT molecular complexity index is 2030. The summed E-state index contributed by atoms with van der Waals surface area (Å²) in [4.78, 5) is 4.59. The van der Waals surface area contributed by atoms with Gasteiger partial charge >= 0.3 is 0 Å². The molecule has 0 heterocycles. The third-order valence-electron chi connectivity index (χ3n) is 8.64. The Morgan fingerprint density at radius 3 is 1.47 bits per heavy atom. The molecule has 240 valence electrons. The molecular weight excluding hydrogens is 593 g/mol. The van der Waals surface area contributed by atoms with Crippen molar-refractivity contribution < 1.29 is 0 Å². The molecule has 2 nitrogen and oxygen atoms in total. The van der Waals surface area contributed by atoms with E-state index < -0.39 is 0 Å². The van der Waals surface area contributed by atoms with Crippen LogP contribution in [0.25, 0.3) is 23.3 Å². The molecule has 0 spiro atoms. The lowest BCUT2D eigenvalue weighted by molar-refractivity contribution is 1.14. The predicted molar refractivity (Wildman–Crippen MR) is 213 cm³/mol. The zero-order valence-corrected chi connectivity index (χ0v) is 28.5. The van der Waals surface area contributed by atoms with Gasteiger partial charge in [-0.2, -0.15) is 0 Å². The van der Waals surface area contributed by atoms with Gasteiger partial charge in [0.05, 0.1) is 0 Å². The monoisotopic (exact) mass is 634 g/mol. The molecule has 6 rings (SSSR count). The van der Waals surface area contributed by atoms with Crippen molar-refractivity contribution in [2.75, 3.05) is 9.80 Å². The van der Waals surface area contributed by atoms with Crippen molar-refractivity contribution >= 4 is 40.6 Å². The van der Waals surface area contributed by atoms with Crippen LogP contribution in [0.2, 0.25) is 0 Å². The van der Waals surface area contributed by atoms with Gasteiger partial charge in [-0.05, 0) is 109 Å². The van der Waals surface area contributed by atoms with Gasteiger partial charge in [-0.1, -0.05) is 140 Å². The Hall–Kier alpha value is -6.12. The molecule has 0 saturated heterocycles. The summed E-state index contributed by atoms with van der Waals surface area (Å²) in [7, 11) is 0. The molecule has 0 aliphatic heterocycles. The minimum Gasteiger partial charge on any atom is -0.314 e. The quantitative estimate of drug-likeness (QED) is 0.103. The first-order chi connectivity index (χ1) is 24.0. The molecule has 0 atom stereocenters. The molecule has 0 unspecified atom stereocenters. The highest BCUT2D eigenvalue weighted by molar-refractivity contribution is 5.79. The summed E-state index contributed by atoms with van der Waals surface area (Å²) >= 11 is 0. The van der Waals surface area contributed by atoms with Crippen molar-refractivity contribution in [1.29, 1.82) is 0 Å². The van der Waals surface area contributed by atoms with E-state index in [-0.39, 0.29) is 0 Å². The van der Waals surface area contributed by atoms with Crippen LogP contribution in [-0.4, -0.2) is 0 Å². The average molecular weight is 635 g/mol. The maximum atomic E-state index is 3.89. The van der Waals surface area contributed by atoms with Gasteiger partial charge in [-0.3, -0.25) is 0 Å². The first-order valence-corrected chi connectivity index (χ1v) is 16.7. The van der Waals surface area contributed by atoms with E-state index in [2.05, 4.69) is 219 Å². The molecule has 0 fully saturated rings. The van der Waals surface area contributed by atoms with Crippen molar-refractivity contribution in [3.8, 4) is 11.1 Å². The highest BCUT2D eigenvalue weighted by atomic mass is 15.1. The SMILES string of the molecule is C=CC(C)=CC=C(C)N(c1ccc(C=Cc2ccc(-c3ccc(N(c4ccccc4)c4ccccc4)cc3)cc2)cc1)c1ccccc1C. The normalized spacial score (nSPS) is 11.8. The van der Waals surface area contributed by atoms with Crippen molar-refractivity contribution in [2.24, 2.45) is 0 Å². The molecule has 0 saturated carbocycles.